The summed E-state index contributed by atoms with van der Waals surface area (Å²) in [5, 5.41) is 16.5. The average molecular weight is 193 g/mol. The number of hydrogen-bond donors (Lipinski definition) is 1. The summed E-state index contributed by atoms with van der Waals surface area (Å²) in [5.41, 5.74) is 1.45. The van der Waals surface area contributed by atoms with Crippen LogP contribution in [0.1, 0.15) is 12.0 Å². The smallest absolute Gasteiger partial charge is 0.0731 e. The molecule has 0 unspecified atom stereocenters. The molecular weight excluding hydrogens is 184 g/mol. The number of hydrogen-bond acceptors (Lipinski definition) is 2. The van der Waals surface area contributed by atoms with Gasteiger partial charge in [0.15, 0.2) is 0 Å². The van der Waals surface area contributed by atoms with Gasteiger partial charge in [-0.1, -0.05) is 23.7 Å². The molecule has 66 valence electrons. The topological polar surface area (TPSA) is 47.6 Å². The summed E-state index contributed by atoms with van der Waals surface area (Å²) in [6.07, 6.45) is 0.730. The standard InChI is InChI=1S/C10H9ClN2/c11-9-3-1-8(2-4-9)7-10(13)5-6-12/h1-4,13H,5,7H2. The van der Waals surface area contributed by atoms with Crippen LogP contribution in [0.2, 0.25) is 5.02 Å². The van der Waals surface area contributed by atoms with Gasteiger partial charge < -0.3 is 5.41 Å². The molecule has 1 N–H and O–H groups in total. The van der Waals surface area contributed by atoms with E-state index in [2.05, 4.69) is 0 Å². The van der Waals surface area contributed by atoms with E-state index in [-0.39, 0.29) is 6.42 Å². The second-order valence-electron chi connectivity index (χ2n) is 2.74. The average Bonchev–Trinajstić information content (AvgIpc) is 2.09. The van der Waals surface area contributed by atoms with E-state index in [1.54, 1.807) is 12.1 Å². The van der Waals surface area contributed by atoms with Gasteiger partial charge >= 0.3 is 0 Å². The van der Waals surface area contributed by atoms with Gasteiger partial charge in [0.1, 0.15) is 0 Å². The number of nitrogens with zero attached hydrogens (tertiary/aromatic N) is 1. The predicted octanol–water partition coefficient (Wildman–Crippen LogP) is 2.82. The van der Waals surface area contributed by atoms with E-state index in [4.69, 9.17) is 22.3 Å². The monoisotopic (exact) mass is 192 g/mol. The van der Waals surface area contributed by atoms with Gasteiger partial charge in [0.05, 0.1) is 12.5 Å². The third-order valence-corrected chi connectivity index (χ3v) is 1.88. The predicted molar refractivity (Wildman–Crippen MR) is 53.1 cm³/mol. The van der Waals surface area contributed by atoms with E-state index in [9.17, 15) is 0 Å². The first-order valence-corrected chi connectivity index (χ1v) is 4.28. The summed E-state index contributed by atoms with van der Waals surface area (Å²) in [4.78, 5) is 0. The molecule has 13 heavy (non-hydrogen) atoms. The van der Waals surface area contributed by atoms with Crippen molar-refractivity contribution in [3.05, 3.63) is 34.9 Å². The maximum absolute atomic E-state index is 8.35. The lowest BCUT2D eigenvalue weighted by atomic mass is 10.1. The molecule has 0 aliphatic heterocycles. The van der Waals surface area contributed by atoms with E-state index in [0.29, 0.717) is 17.2 Å². The Morgan fingerprint density at radius 3 is 2.54 bits per heavy atom. The van der Waals surface area contributed by atoms with E-state index in [1.807, 2.05) is 18.2 Å². The molecule has 0 fully saturated rings. The third-order valence-electron chi connectivity index (χ3n) is 1.62. The van der Waals surface area contributed by atoms with Crippen molar-refractivity contribution in [2.75, 3.05) is 0 Å². The normalized spacial score (nSPS) is 9.23. The SMILES string of the molecule is N#CCC(=N)Cc1ccc(Cl)cc1. The second-order valence-corrected chi connectivity index (χ2v) is 3.18. The van der Waals surface area contributed by atoms with Crippen molar-refractivity contribution in [2.24, 2.45) is 0 Å². The molecule has 3 heteroatoms. The fourth-order valence-corrected chi connectivity index (χ4v) is 1.13. The van der Waals surface area contributed by atoms with Crippen LogP contribution in [0.4, 0.5) is 0 Å². The Morgan fingerprint density at radius 1 is 1.38 bits per heavy atom. The van der Waals surface area contributed by atoms with E-state index >= 15 is 0 Å². The Morgan fingerprint density at radius 2 is 2.00 bits per heavy atom. The highest BCUT2D eigenvalue weighted by Gasteiger charge is 1.98. The number of nitriles is 1. The fourth-order valence-electron chi connectivity index (χ4n) is 1.01. The summed E-state index contributed by atoms with van der Waals surface area (Å²) in [5.74, 6) is 0. The summed E-state index contributed by atoms with van der Waals surface area (Å²) in [6.45, 7) is 0. The quantitative estimate of drug-likeness (QED) is 0.736. The molecule has 1 rings (SSSR count). The highest BCUT2D eigenvalue weighted by molar-refractivity contribution is 6.30. The molecule has 1 aromatic carbocycles. The highest BCUT2D eigenvalue weighted by atomic mass is 35.5. The van der Waals surface area contributed by atoms with Gasteiger partial charge in [0, 0.05) is 17.2 Å². The fraction of sp³-hybridized carbons (Fsp3) is 0.200. The van der Waals surface area contributed by atoms with Crippen molar-refractivity contribution >= 4 is 17.3 Å². The minimum atomic E-state index is 0.197. The van der Waals surface area contributed by atoms with Gasteiger partial charge in [-0.2, -0.15) is 5.26 Å². The lowest BCUT2D eigenvalue weighted by molar-refractivity contribution is 1.21. The summed E-state index contributed by atoms with van der Waals surface area (Å²) >= 11 is 5.70. The highest BCUT2D eigenvalue weighted by Crippen LogP contribution is 2.10. The summed E-state index contributed by atoms with van der Waals surface area (Å²) in [7, 11) is 0. The Hall–Kier alpha value is -1.33. The molecule has 0 amide bonds. The van der Waals surface area contributed by atoms with Crippen LogP contribution < -0.4 is 0 Å². The van der Waals surface area contributed by atoms with Crippen LogP contribution in [-0.4, -0.2) is 5.71 Å². The lowest BCUT2D eigenvalue weighted by Gasteiger charge is -1.99. The van der Waals surface area contributed by atoms with E-state index < -0.39 is 0 Å². The minimum Gasteiger partial charge on any atom is -0.308 e. The van der Waals surface area contributed by atoms with Crippen LogP contribution in [0.5, 0.6) is 0 Å². The molecule has 0 bridgehead atoms. The zero-order chi connectivity index (χ0) is 9.68. The van der Waals surface area contributed by atoms with Crippen LogP contribution in [-0.2, 0) is 6.42 Å². The van der Waals surface area contributed by atoms with Gasteiger partial charge in [0.25, 0.3) is 0 Å². The first-order valence-electron chi connectivity index (χ1n) is 3.90. The molecule has 0 spiro atoms. The minimum absolute atomic E-state index is 0.197. The number of benzene rings is 1. The Bertz CT molecular complexity index is 335. The van der Waals surface area contributed by atoms with Gasteiger partial charge in [0.2, 0.25) is 0 Å². The molecule has 0 heterocycles. The first kappa shape index (κ1) is 9.76. The third kappa shape index (κ3) is 3.27. The molecule has 0 aliphatic carbocycles. The van der Waals surface area contributed by atoms with Gasteiger partial charge in [-0.15, -0.1) is 0 Å². The molecular formula is C10H9ClN2. The number of rotatable bonds is 3. The first-order chi connectivity index (χ1) is 6.22. The molecule has 0 aliphatic rings. The maximum atomic E-state index is 8.35. The summed E-state index contributed by atoms with van der Waals surface area (Å²) < 4.78 is 0. The number of halogens is 1. The number of nitrogens with one attached hydrogen (secondary N) is 1. The molecule has 0 radical (unpaired) electrons. The molecule has 0 saturated heterocycles. The van der Waals surface area contributed by atoms with Crippen LogP contribution in [0, 0.1) is 16.7 Å². The van der Waals surface area contributed by atoms with Crippen LogP contribution in [0.15, 0.2) is 24.3 Å². The molecule has 1 aromatic rings. The van der Waals surface area contributed by atoms with Crippen LogP contribution in [0.3, 0.4) is 0 Å². The Balaban J connectivity index is 2.60. The largest absolute Gasteiger partial charge is 0.308 e. The molecule has 0 saturated carbocycles. The van der Waals surface area contributed by atoms with E-state index in [1.165, 1.54) is 0 Å². The van der Waals surface area contributed by atoms with Crippen molar-refractivity contribution in [1.29, 1.82) is 10.7 Å². The maximum Gasteiger partial charge on any atom is 0.0731 e. The van der Waals surface area contributed by atoms with Crippen molar-refractivity contribution in [1.82, 2.24) is 0 Å². The zero-order valence-electron chi connectivity index (χ0n) is 7.05. The van der Waals surface area contributed by atoms with Crippen molar-refractivity contribution in [2.45, 2.75) is 12.8 Å². The van der Waals surface area contributed by atoms with Gasteiger partial charge in [-0.3, -0.25) is 0 Å². The second kappa shape index (κ2) is 4.64. The molecule has 0 aromatic heterocycles. The Labute approximate surface area is 82.3 Å². The van der Waals surface area contributed by atoms with E-state index in [0.717, 1.165) is 5.56 Å². The van der Waals surface area contributed by atoms with Gasteiger partial charge in [-0.25, -0.2) is 0 Å². The zero-order valence-corrected chi connectivity index (χ0v) is 7.80. The van der Waals surface area contributed by atoms with Crippen molar-refractivity contribution in [3.8, 4) is 6.07 Å². The molecule has 2 nitrogen and oxygen atoms in total. The van der Waals surface area contributed by atoms with Crippen molar-refractivity contribution < 1.29 is 0 Å². The summed E-state index contributed by atoms with van der Waals surface area (Å²) in [6, 6.07) is 9.26. The van der Waals surface area contributed by atoms with Crippen molar-refractivity contribution in [3.63, 3.8) is 0 Å². The van der Waals surface area contributed by atoms with Crippen LogP contribution >= 0.6 is 11.6 Å². The lowest BCUT2D eigenvalue weighted by Crippen LogP contribution is -1.99. The molecule has 0 atom stereocenters. The van der Waals surface area contributed by atoms with Crippen LogP contribution in [0.25, 0.3) is 0 Å². The Kier molecular flexibility index (Phi) is 3.48. The van der Waals surface area contributed by atoms with Gasteiger partial charge in [-0.05, 0) is 17.7 Å².